The molecular formula is C21H23N5O. The standard InChI is InChI=1S/C21H23N5O/c1-25-11-3-4-15(13-25)14-27-21-8-7-20-23-12-19(26(20)24-21)17-5-2-6-18-16(17)9-10-22-18/h2,5-10,12,15,22H,3-4,11,13-14H2,1H3. The summed E-state index contributed by atoms with van der Waals surface area (Å²) in [6.07, 6.45) is 6.30. The lowest BCUT2D eigenvalue weighted by Crippen LogP contribution is -2.34. The molecule has 4 heterocycles. The lowest BCUT2D eigenvalue weighted by Gasteiger charge is -2.29. The molecule has 1 aromatic carbocycles. The first-order valence-corrected chi connectivity index (χ1v) is 9.50. The predicted molar refractivity (Wildman–Crippen MR) is 106 cm³/mol. The Morgan fingerprint density at radius 1 is 1.22 bits per heavy atom. The molecule has 0 saturated carbocycles. The van der Waals surface area contributed by atoms with Crippen LogP contribution in [0.4, 0.5) is 0 Å². The molecule has 27 heavy (non-hydrogen) atoms. The number of benzene rings is 1. The average Bonchev–Trinajstić information content (AvgIpc) is 3.33. The summed E-state index contributed by atoms with van der Waals surface area (Å²) in [5, 5.41) is 5.88. The number of hydrogen-bond donors (Lipinski definition) is 1. The number of imidazole rings is 1. The maximum atomic E-state index is 6.04. The maximum absolute atomic E-state index is 6.04. The molecule has 0 spiro atoms. The van der Waals surface area contributed by atoms with Gasteiger partial charge in [-0.1, -0.05) is 12.1 Å². The van der Waals surface area contributed by atoms with Gasteiger partial charge in [-0.05, 0) is 44.6 Å². The maximum Gasteiger partial charge on any atom is 0.231 e. The fourth-order valence-corrected chi connectivity index (χ4v) is 4.04. The quantitative estimate of drug-likeness (QED) is 0.603. The number of nitrogens with one attached hydrogen (secondary N) is 1. The summed E-state index contributed by atoms with van der Waals surface area (Å²) in [7, 11) is 2.18. The van der Waals surface area contributed by atoms with Crippen molar-refractivity contribution >= 4 is 16.6 Å². The van der Waals surface area contributed by atoms with Crippen LogP contribution in [0.25, 0.3) is 27.8 Å². The molecule has 1 N–H and O–H groups in total. The number of piperidine rings is 1. The van der Waals surface area contributed by atoms with Gasteiger partial charge < -0.3 is 14.6 Å². The largest absolute Gasteiger partial charge is 0.476 e. The average molecular weight is 361 g/mol. The molecule has 0 aliphatic carbocycles. The van der Waals surface area contributed by atoms with Crippen LogP contribution in [0.5, 0.6) is 5.88 Å². The summed E-state index contributed by atoms with van der Waals surface area (Å²) in [4.78, 5) is 10.2. The van der Waals surface area contributed by atoms with Crippen LogP contribution in [0, 0.1) is 5.92 Å². The van der Waals surface area contributed by atoms with E-state index in [4.69, 9.17) is 9.84 Å². The van der Waals surface area contributed by atoms with E-state index < -0.39 is 0 Å². The second-order valence-electron chi connectivity index (χ2n) is 7.41. The second-order valence-corrected chi connectivity index (χ2v) is 7.41. The van der Waals surface area contributed by atoms with E-state index in [0.717, 1.165) is 34.4 Å². The first kappa shape index (κ1) is 16.3. The van der Waals surface area contributed by atoms with Gasteiger partial charge in [0.15, 0.2) is 5.65 Å². The highest BCUT2D eigenvalue weighted by molar-refractivity contribution is 5.94. The van der Waals surface area contributed by atoms with Crippen molar-refractivity contribution in [3.8, 4) is 17.1 Å². The van der Waals surface area contributed by atoms with Gasteiger partial charge in [-0.15, -0.1) is 5.10 Å². The Balaban J connectivity index is 1.45. The molecule has 0 radical (unpaired) electrons. The molecule has 1 atom stereocenters. The lowest BCUT2D eigenvalue weighted by molar-refractivity contribution is 0.146. The summed E-state index contributed by atoms with van der Waals surface area (Å²) in [6.45, 7) is 2.98. The number of likely N-dealkylation sites (tertiary alicyclic amines) is 1. The third-order valence-electron chi connectivity index (χ3n) is 5.40. The molecule has 1 aliphatic rings. The number of rotatable bonds is 4. The summed E-state index contributed by atoms with van der Waals surface area (Å²) < 4.78 is 7.92. The van der Waals surface area contributed by atoms with Crippen LogP contribution in [0.3, 0.4) is 0 Å². The highest BCUT2D eigenvalue weighted by Gasteiger charge is 2.18. The number of aromatic amines is 1. The Bertz CT molecular complexity index is 1080. The Morgan fingerprint density at radius 2 is 2.19 bits per heavy atom. The van der Waals surface area contributed by atoms with Gasteiger partial charge in [0.25, 0.3) is 0 Å². The van der Waals surface area contributed by atoms with Crippen LogP contribution in [0.15, 0.2) is 48.8 Å². The normalized spacial score (nSPS) is 18.3. The number of hydrogen-bond acceptors (Lipinski definition) is 4. The van der Waals surface area contributed by atoms with E-state index in [1.54, 1.807) is 0 Å². The molecule has 0 bridgehead atoms. The van der Waals surface area contributed by atoms with E-state index in [-0.39, 0.29) is 0 Å². The number of H-pyrrole nitrogens is 1. The zero-order chi connectivity index (χ0) is 18.2. The number of aromatic nitrogens is 4. The highest BCUT2D eigenvalue weighted by Crippen LogP contribution is 2.28. The molecule has 1 unspecified atom stereocenters. The smallest absolute Gasteiger partial charge is 0.231 e. The van der Waals surface area contributed by atoms with Gasteiger partial charge in [-0.25, -0.2) is 9.50 Å². The molecule has 4 aromatic rings. The molecule has 5 rings (SSSR count). The second kappa shape index (κ2) is 6.70. The Kier molecular flexibility index (Phi) is 4.05. The minimum Gasteiger partial charge on any atom is -0.476 e. The minimum atomic E-state index is 0.567. The van der Waals surface area contributed by atoms with Crippen molar-refractivity contribution in [2.24, 2.45) is 5.92 Å². The number of nitrogens with zero attached hydrogens (tertiary/aromatic N) is 4. The van der Waals surface area contributed by atoms with E-state index in [0.29, 0.717) is 18.4 Å². The van der Waals surface area contributed by atoms with Crippen LogP contribution >= 0.6 is 0 Å². The van der Waals surface area contributed by atoms with Crippen LogP contribution in [-0.2, 0) is 0 Å². The molecule has 138 valence electrons. The summed E-state index contributed by atoms with van der Waals surface area (Å²) in [5.74, 6) is 1.22. The zero-order valence-corrected chi connectivity index (χ0v) is 15.4. The van der Waals surface area contributed by atoms with Crippen LogP contribution in [0.1, 0.15) is 12.8 Å². The van der Waals surface area contributed by atoms with Crippen molar-refractivity contribution in [3.63, 3.8) is 0 Å². The summed E-state index contributed by atoms with van der Waals surface area (Å²) in [6, 6.07) is 12.2. The Labute approximate surface area is 157 Å². The van der Waals surface area contributed by atoms with Crippen LogP contribution in [-0.4, -0.2) is 51.2 Å². The Hall–Kier alpha value is -2.86. The van der Waals surface area contributed by atoms with E-state index in [9.17, 15) is 0 Å². The summed E-state index contributed by atoms with van der Waals surface area (Å²) in [5.41, 5.74) is 4.01. The van der Waals surface area contributed by atoms with Crippen molar-refractivity contribution < 1.29 is 4.74 Å². The van der Waals surface area contributed by atoms with E-state index >= 15 is 0 Å². The number of fused-ring (bicyclic) bond motifs is 2. The third-order valence-corrected chi connectivity index (χ3v) is 5.40. The fraction of sp³-hybridized carbons (Fsp3) is 0.333. The van der Waals surface area contributed by atoms with Crippen molar-refractivity contribution in [2.45, 2.75) is 12.8 Å². The predicted octanol–water partition coefficient (Wildman–Crippen LogP) is 3.60. The van der Waals surface area contributed by atoms with Crippen molar-refractivity contribution in [1.82, 2.24) is 24.5 Å². The van der Waals surface area contributed by atoms with Gasteiger partial charge in [0.05, 0.1) is 18.5 Å². The molecule has 1 fully saturated rings. The molecular weight excluding hydrogens is 338 g/mol. The lowest BCUT2D eigenvalue weighted by atomic mass is 10.00. The third kappa shape index (κ3) is 3.06. The molecule has 3 aromatic heterocycles. The molecule has 1 saturated heterocycles. The molecule has 0 amide bonds. The van der Waals surface area contributed by atoms with Gasteiger partial charge in [0.1, 0.15) is 0 Å². The van der Waals surface area contributed by atoms with Gasteiger partial charge in [-0.2, -0.15) is 0 Å². The van der Waals surface area contributed by atoms with Crippen LogP contribution in [0.2, 0.25) is 0 Å². The van der Waals surface area contributed by atoms with Gasteiger partial charge in [0, 0.05) is 41.2 Å². The Morgan fingerprint density at radius 3 is 3.11 bits per heavy atom. The van der Waals surface area contributed by atoms with E-state index in [1.807, 2.05) is 35.1 Å². The first-order chi connectivity index (χ1) is 13.3. The minimum absolute atomic E-state index is 0.567. The van der Waals surface area contributed by atoms with Crippen LogP contribution < -0.4 is 4.74 Å². The summed E-state index contributed by atoms with van der Waals surface area (Å²) >= 11 is 0. The van der Waals surface area contributed by atoms with Crippen molar-refractivity contribution in [2.75, 3.05) is 26.7 Å². The van der Waals surface area contributed by atoms with Crippen molar-refractivity contribution in [1.29, 1.82) is 0 Å². The van der Waals surface area contributed by atoms with Gasteiger partial charge >= 0.3 is 0 Å². The monoisotopic (exact) mass is 361 g/mol. The molecule has 1 aliphatic heterocycles. The van der Waals surface area contributed by atoms with Gasteiger partial charge in [-0.3, -0.25) is 0 Å². The van der Waals surface area contributed by atoms with Gasteiger partial charge in [0.2, 0.25) is 5.88 Å². The molecule has 6 nitrogen and oxygen atoms in total. The number of ether oxygens (including phenoxy) is 1. The van der Waals surface area contributed by atoms with E-state index in [2.05, 4.69) is 40.1 Å². The van der Waals surface area contributed by atoms with E-state index in [1.165, 1.54) is 19.4 Å². The van der Waals surface area contributed by atoms with Crippen molar-refractivity contribution in [3.05, 3.63) is 48.8 Å². The topological polar surface area (TPSA) is 58.5 Å². The molecule has 6 heteroatoms. The first-order valence-electron chi connectivity index (χ1n) is 9.50. The fourth-order valence-electron chi connectivity index (χ4n) is 4.04. The highest BCUT2D eigenvalue weighted by atomic mass is 16.5. The SMILES string of the molecule is CN1CCCC(COc2ccc3ncc(-c4cccc5[nH]ccc45)n3n2)C1. The zero-order valence-electron chi connectivity index (χ0n) is 15.4.